The first-order valence-corrected chi connectivity index (χ1v) is 10.7. The number of nitrogens with one attached hydrogen (secondary N) is 1. The van der Waals surface area contributed by atoms with Crippen molar-refractivity contribution in [1.82, 2.24) is 4.90 Å². The van der Waals surface area contributed by atoms with Crippen LogP contribution in [0, 0.1) is 5.92 Å². The number of carbonyl (C=O) groups excluding carboxylic acids is 1. The second-order valence-electron chi connectivity index (χ2n) is 8.19. The van der Waals surface area contributed by atoms with Gasteiger partial charge in [0.05, 0.1) is 11.4 Å². The third kappa shape index (κ3) is 4.49. The zero-order chi connectivity index (χ0) is 19.3. The molecule has 2 aliphatic rings. The second-order valence-corrected chi connectivity index (χ2v) is 8.19. The number of carbonyl (C=O) groups is 1. The van der Waals surface area contributed by atoms with Crippen LogP contribution in [0.4, 0.5) is 16.2 Å². The molecule has 4 heteroatoms. The molecular formula is C24H31N3O. The predicted molar refractivity (Wildman–Crippen MR) is 116 cm³/mol. The molecule has 1 atom stereocenters. The van der Waals surface area contributed by atoms with Gasteiger partial charge in [0.25, 0.3) is 0 Å². The lowest BCUT2D eigenvalue weighted by Crippen LogP contribution is -2.42. The number of benzene rings is 2. The van der Waals surface area contributed by atoms with Gasteiger partial charge in [0, 0.05) is 25.7 Å². The molecule has 2 amide bonds. The Hall–Kier alpha value is -2.49. The molecule has 0 spiro atoms. The summed E-state index contributed by atoms with van der Waals surface area (Å²) >= 11 is 0. The molecule has 1 saturated heterocycles. The molecular weight excluding hydrogens is 346 g/mol. The van der Waals surface area contributed by atoms with Crippen LogP contribution >= 0.6 is 0 Å². The number of para-hydroxylation sites is 2. The van der Waals surface area contributed by atoms with Crippen LogP contribution in [-0.2, 0) is 6.54 Å². The zero-order valence-electron chi connectivity index (χ0n) is 16.8. The van der Waals surface area contributed by atoms with Crippen LogP contribution < -0.4 is 10.2 Å². The van der Waals surface area contributed by atoms with Crippen LogP contribution in [0.1, 0.15) is 44.6 Å². The Balaban J connectivity index is 1.52. The summed E-state index contributed by atoms with van der Waals surface area (Å²) in [4.78, 5) is 17.7. The molecule has 0 radical (unpaired) electrons. The Kier molecular flexibility index (Phi) is 5.84. The minimum Gasteiger partial charge on any atom is -0.370 e. The Morgan fingerprint density at radius 3 is 2.43 bits per heavy atom. The number of hydrogen-bond donors (Lipinski definition) is 1. The van der Waals surface area contributed by atoms with E-state index in [1.54, 1.807) is 0 Å². The van der Waals surface area contributed by atoms with E-state index in [1.165, 1.54) is 37.7 Å². The highest BCUT2D eigenvalue weighted by atomic mass is 16.2. The fraction of sp³-hybridized carbons (Fsp3) is 0.458. The third-order valence-corrected chi connectivity index (χ3v) is 6.09. The highest BCUT2D eigenvalue weighted by Crippen LogP contribution is 2.36. The number of nitrogens with zero attached hydrogens (tertiary/aromatic N) is 2. The summed E-state index contributed by atoms with van der Waals surface area (Å²) in [6.07, 6.45) is 6.20. The summed E-state index contributed by atoms with van der Waals surface area (Å²) in [5, 5.41) is 3.24. The Morgan fingerprint density at radius 1 is 1.04 bits per heavy atom. The first-order valence-electron chi connectivity index (χ1n) is 10.7. The number of hydrogen-bond acceptors (Lipinski definition) is 2. The molecule has 2 aromatic carbocycles. The molecule has 4 nitrogen and oxygen atoms in total. The van der Waals surface area contributed by atoms with Crippen LogP contribution in [0.15, 0.2) is 54.6 Å². The molecule has 28 heavy (non-hydrogen) atoms. The van der Waals surface area contributed by atoms with Crippen molar-refractivity contribution in [2.45, 2.75) is 51.6 Å². The molecule has 1 aliphatic carbocycles. The van der Waals surface area contributed by atoms with Gasteiger partial charge in [0.2, 0.25) is 0 Å². The van der Waals surface area contributed by atoms with Crippen LogP contribution in [-0.4, -0.2) is 30.1 Å². The average Bonchev–Trinajstić information content (AvgIpc) is 3.59. The molecule has 1 aliphatic heterocycles. The molecule has 2 aromatic rings. The van der Waals surface area contributed by atoms with Gasteiger partial charge in [0.15, 0.2) is 0 Å². The van der Waals surface area contributed by atoms with Crippen molar-refractivity contribution in [3.63, 3.8) is 0 Å². The highest BCUT2D eigenvalue weighted by Gasteiger charge is 2.34. The Morgan fingerprint density at radius 2 is 1.71 bits per heavy atom. The maximum atomic E-state index is 13.3. The first-order chi connectivity index (χ1) is 13.7. The van der Waals surface area contributed by atoms with Crippen molar-refractivity contribution >= 4 is 17.4 Å². The van der Waals surface area contributed by atoms with E-state index in [4.69, 9.17) is 0 Å². The van der Waals surface area contributed by atoms with Gasteiger partial charge >= 0.3 is 6.03 Å². The third-order valence-electron chi connectivity index (χ3n) is 6.09. The van der Waals surface area contributed by atoms with Gasteiger partial charge in [0.1, 0.15) is 0 Å². The molecule has 1 unspecified atom stereocenters. The maximum Gasteiger partial charge on any atom is 0.322 e. The topological polar surface area (TPSA) is 35.6 Å². The highest BCUT2D eigenvalue weighted by molar-refractivity contribution is 5.93. The first kappa shape index (κ1) is 18.9. The smallest absolute Gasteiger partial charge is 0.322 e. The fourth-order valence-corrected chi connectivity index (χ4v) is 4.19. The van der Waals surface area contributed by atoms with Gasteiger partial charge in [-0.1, -0.05) is 42.5 Å². The van der Waals surface area contributed by atoms with Gasteiger partial charge < -0.3 is 15.1 Å². The van der Waals surface area contributed by atoms with E-state index in [9.17, 15) is 4.79 Å². The van der Waals surface area contributed by atoms with Gasteiger partial charge in [-0.2, -0.15) is 0 Å². The summed E-state index contributed by atoms with van der Waals surface area (Å²) in [6.45, 7) is 4.98. The van der Waals surface area contributed by atoms with Crippen LogP contribution in [0.25, 0.3) is 0 Å². The van der Waals surface area contributed by atoms with Crippen molar-refractivity contribution in [1.29, 1.82) is 0 Å². The van der Waals surface area contributed by atoms with Crippen molar-refractivity contribution < 1.29 is 4.79 Å². The zero-order valence-corrected chi connectivity index (χ0v) is 16.8. The number of rotatable bonds is 6. The number of amides is 2. The second kappa shape index (κ2) is 8.68. The summed E-state index contributed by atoms with van der Waals surface area (Å²) < 4.78 is 0. The molecule has 1 heterocycles. The van der Waals surface area contributed by atoms with Crippen molar-refractivity contribution in [2.24, 2.45) is 5.92 Å². The van der Waals surface area contributed by atoms with Crippen molar-refractivity contribution in [2.75, 3.05) is 23.3 Å². The number of urea groups is 1. The molecule has 1 N–H and O–H groups in total. The minimum absolute atomic E-state index is 0.00714. The molecule has 148 valence electrons. The van der Waals surface area contributed by atoms with E-state index in [2.05, 4.69) is 41.4 Å². The number of anilines is 2. The van der Waals surface area contributed by atoms with Crippen molar-refractivity contribution in [3.8, 4) is 0 Å². The van der Waals surface area contributed by atoms with Gasteiger partial charge in [-0.25, -0.2) is 4.79 Å². The summed E-state index contributed by atoms with van der Waals surface area (Å²) in [5.74, 6) is 0.631. The van der Waals surface area contributed by atoms with Crippen LogP contribution in [0.3, 0.4) is 0 Å². The van der Waals surface area contributed by atoms with E-state index >= 15 is 0 Å². The average molecular weight is 378 g/mol. The fourth-order valence-electron chi connectivity index (χ4n) is 4.19. The Labute approximate surface area is 168 Å². The lowest BCUT2D eigenvalue weighted by molar-refractivity contribution is 0.181. The molecule has 0 bridgehead atoms. The van der Waals surface area contributed by atoms with Crippen LogP contribution in [0.2, 0.25) is 0 Å². The van der Waals surface area contributed by atoms with E-state index in [-0.39, 0.29) is 12.1 Å². The van der Waals surface area contributed by atoms with Gasteiger partial charge in [-0.3, -0.25) is 0 Å². The summed E-state index contributed by atoms with van der Waals surface area (Å²) in [5.41, 5.74) is 3.25. The van der Waals surface area contributed by atoms with Crippen LogP contribution in [0.5, 0.6) is 0 Å². The van der Waals surface area contributed by atoms with Crippen molar-refractivity contribution in [3.05, 3.63) is 60.2 Å². The summed E-state index contributed by atoms with van der Waals surface area (Å²) in [6, 6.07) is 18.8. The lowest BCUT2D eigenvalue weighted by Gasteiger charge is -2.33. The number of piperidine rings is 1. The largest absolute Gasteiger partial charge is 0.370 e. The van der Waals surface area contributed by atoms with E-state index in [0.29, 0.717) is 12.5 Å². The van der Waals surface area contributed by atoms with E-state index in [0.717, 1.165) is 24.5 Å². The predicted octanol–water partition coefficient (Wildman–Crippen LogP) is 5.51. The molecule has 0 aromatic heterocycles. The Bertz CT molecular complexity index is 781. The monoisotopic (exact) mass is 377 g/mol. The molecule has 2 fully saturated rings. The molecule has 4 rings (SSSR count). The normalized spacial score (nSPS) is 17.8. The minimum atomic E-state index is 0.00714. The standard InChI is InChI=1S/C24H31N3O/c1-19(21-14-15-21)27(18-20-10-4-2-5-11-20)24(28)25-22-12-6-7-13-23(22)26-16-8-3-9-17-26/h2,4-7,10-13,19,21H,3,8-9,14-18H2,1H3,(H,25,28). The molecule has 1 saturated carbocycles. The maximum absolute atomic E-state index is 13.3. The van der Waals surface area contributed by atoms with E-state index < -0.39 is 0 Å². The van der Waals surface area contributed by atoms with Gasteiger partial charge in [-0.05, 0) is 62.6 Å². The SMILES string of the molecule is CC(C1CC1)N(Cc1ccccc1)C(=O)Nc1ccccc1N1CCCCC1. The van der Waals surface area contributed by atoms with Gasteiger partial charge in [-0.15, -0.1) is 0 Å². The summed E-state index contributed by atoms with van der Waals surface area (Å²) in [7, 11) is 0. The lowest BCUT2D eigenvalue weighted by atomic mass is 10.1. The van der Waals surface area contributed by atoms with E-state index in [1.807, 2.05) is 35.2 Å². The quantitative estimate of drug-likeness (QED) is 0.720.